The number of aromatic hydroxyl groups is 2. The van der Waals surface area contributed by atoms with Crippen molar-refractivity contribution in [3.8, 4) is 21.9 Å². The van der Waals surface area contributed by atoms with Crippen molar-refractivity contribution in [1.82, 2.24) is 0 Å². The summed E-state index contributed by atoms with van der Waals surface area (Å²) in [5.41, 5.74) is 2.36. The lowest BCUT2D eigenvalue weighted by Gasteiger charge is -2.02. The van der Waals surface area contributed by atoms with Gasteiger partial charge < -0.3 is 10.2 Å². The second kappa shape index (κ2) is 4.59. The molecule has 0 amide bonds. The van der Waals surface area contributed by atoms with E-state index in [1.165, 1.54) is 15.1 Å². The highest BCUT2D eigenvalue weighted by Gasteiger charge is 2.12. The van der Waals surface area contributed by atoms with Gasteiger partial charge in [-0.1, -0.05) is 6.92 Å². The Kier molecular flexibility index (Phi) is 2.91. The SMILES string of the molecule is CCc1c(-c2ccc(O)cc2)sc2ccc(O)cc12. The molecule has 1 aromatic heterocycles. The minimum atomic E-state index is 0.278. The van der Waals surface area contributed by atoms with Crippen LogP contribution in [0.1, 0.15) is 12.5 Å². The van der Waals surface area contributed by atoms with E-state index in [1.54, 1.807) is 29.5 Å². The van der Waals surface area contributed by atoms with Crippen LogP contribution in [0.4, 0.5) is 0 Å². The van der Waals surface area contributed by atoms with Crippen LogP contribution < -0.4 is 0 Å². The van der Waals surface area contributed by atoms with Gasteiger partial charge in [0.2, 0.25) is 0 Å². The molecule has 0 aliphatic carbocycles. The Morgan fingerprint density at radius 3 is 2.32 bits per heavy atom. The Morgan fingerprint density at radius 1 is 0.947 bits per heavy atom. The lowest BCUT2D eigenvalue weighted by Crippen LogP contribution is -1.82. The number of hydrogen-bond donors (Lipinski definition) is 2. The molecule has 2 aromatic carbocycles. The van der Waals surface area contributed by atoms with Crippen LogP contribution in [-0.4, -0.2) is 10.2 Å². The second-order valence-corrected chi connectivity index (χ2v) is 5.54. The second-order valence-electron chi connectivity index (χ2n) is 4.49. The van der Waals surface area contributed by atoms with E-state index in [0.717, 1.165) is 17.4 Å². The van der Waals surface area contributed by atoms with E-state index in [1.807, 2.05) is 24.3 Å². The Hall–Kier alpha value is -2.00. The number of benzene rings is 2. The molecule has 0 spiro atoms. The van der Waals surface area contributed by atoms with E-state index in [2.05, 4.69) is 6.92 Å². The summed E-state index contributed by atoms with van der Waals surface area (Å²) in [6.07, 6.45) is 0.916. The van der Waals surface area contributed by atoms with Crippen LogP contribution >= 0.6 is 11.3 Å². The number of fused-ring (bicyclic) bond motifs is 1. The first kappa shape index (κ1) is 12.1. The van der Waals surface area contributed by atoms with E-state index in [0.29, 0.717) is 5.75 Å². The van der Waals surface area contributed by atoms with E-state index in [9.17, 15) is 10.2 Å². The number of hydrogen-bond acceptors (Lipinski definition) is 3. The van der Waals surface area contributed by atoms with Crippen LogP contribution in [-0.2, 0) is 6.42 Å². The Morgan fingerprint density at radius 2 is 1.63 bits per heavy atom. The summed E-state index contributed by atoms with van der Waals surface area (Å²) in [6, 6.07) is 12.8. The van der Waals surface area contributed by atoms with Crippen LogP contribution in [0.25, 0.3) is 20.5 Å². The molecular weight excluding hydrogens is 256 g/mol. The van der Waals surface area contributed by atoms with Crippen LogP contribution in [0.15, 0.2) is 42.5 Å². The van der Waals surface area contributed by atoms with Crippen molar-refractivity contribution in [3.63, 3.8) is 0 Å². The van der Waals surface area contributed by atoms with Gasteiger partial charge in [0.05, 0.1) is 0 Å². The number of thiophene rings is 1. The molecule has 19 heavy (non-hydrogen) atoms. The first-order valence-corrected chi connectivity index (χ1v) is 7.04. The number of phenols is 2. The van der Waals surface area contributed by atoms with Crippen LogP contribution in [0.2, 0.25) is 0 Å². The fraction of sp³-hybridized carbons (Fsp3) is 0.125. The fourth-order valence-corrected chi connectivity index (χ4v) is 3.61. The van der Waals surface area contributed by atoms with Crippen molar-refractivity contribution in [2.75, 3.05) is 0 Å². The molecule has 0 aliphatic rings. The van der Waals surface area contributed by atoms with Gasteiger partial charge in [0.25, 0.3) is 0 Å². The molecule has 0 saturated heterocycles. The van der Waals surface area contributed by atoms with Gasteiger partial charge in [0.1, 0.15) is 11.5 Å². The molecule has 0 atom stereocenters. The summed E-state index contributed by atoms with van der Waals surface area (Å²) < 4.78 is 1.18. The summed E-state index contributed by atoms with van der Waals surface area (Å²) >= 11 is 1.72. The van der Waals surface area contributed by atoms with E-state index < -0.39 is 0 Å². The molecular formula is C16H14O2S. The molecule has 0 saturated carbocycles. The Labute approximate surface area is 115 Å². The van der Waals surface area contributed by atoms with Crippen molar-refractivity contribution in [3.05, 3.63) is 48.0 Å². The quantitative estimate of drug-likeness (QED) is 0.717. The average molecular weight is 270 g/mol. The normalized spacial score (nSPS) is 11.0. The van der Waals surface area contributed by atoms with Crippen LogP contribution in [0.3, 0.4) is 0 Å². The fourth-order valence-electron chi connectivity index (χ4n) is 2.33. The van der Waals surface area contributed by atoms with Crippen molar-refractivity contribution >= 4 is 21.4 Å². The van der Waals surface area contributed by atoms with Gasteiger partial charge in [0.15, 0.2) is 0 Å². The minimum Gasteiger partial charge on any atom is -0.508 e. The molecule has 1 heterocycles. The lowest BCUT2D eigenvalue weighted by molar-refractivity contribution is 0.475. The smallest absolute Gasteiger partial charge is 0.116 e. The van der Waals surface area contributed by atoms with Gasteiger partial charge in [-0.25, -0.2) is 0 Å². The summed E-state index contributed by atoms with van der Waals surface area (Å²) in [6.45, 7) is 2.12. The molecule has 0 bridgehead atoms. The molecule has 2 N–H and O–H groups in total. The van der Waals surface area contributed by atoms with Crippen LogP contribution in [0, 0.1) is 0 Å². The molecule has 0 unspecified atom stereocenters. The molecule has 3 aromatic rings. The standard InChI is InChI=1S/C16H14O2S/c1-2-13-14-9-12(18)7-8-15(14)19-16(13)10-3-5-11(17)6-4-10/h3-9,17-18H,2H2,1H3. The zero-order valence-electron chi connectivity index (χ0n) is 10.6. The predicted molar refractivity (Wildman–Crippen MR) is 80.0 cm³/mol. The maximum Gasteiger partial charge on any atom is 0.116 e. The van der Waals surface area contributed by atoms with Gasteiger partial charge in [-0.15, -0.1) is 11.3 Å². The Balaban J connectivity index is 2.25. The van der Waals surface area contributed by atoms with Crippen molar-refractivity contribution in [1.29, 1.82) is 0 Å². The topological polar surface area (TPSA) is 40.5 Å². The zero-order chi connectivity index (χ0) is 13.4. The van der Waals surface area contributed by atoms with Gasteiger partial charge in [0, 0.05) is 9.58 Å². The van der Waals surface area contributed by atoms with Gasteiger partial charge in [-0.2, -0.15) is 0 Å². The predicted octanol–water partition coefficient (Wildman–Crippen LogP) is 4.54. The third-order valence-electron chi connectivity index (χ3n) is 3.26. The lowest BCUT2D eigenvalue weighted by atomic mass is 10.0. The van der Waals surface area contributed by atoms with Crippen molar-refractivity contribution < 1.29 is 10.2 Å². The summed E-state index contributed by atoms with van der Waals surface area (Å²) in [5.74, 6) is 0.581. The number of phenolic OH excluding ortho intramolecular Hbond substituents is 2. The monoisotopic (exact) mass is 270 g/mol. The minimum absolute atomic E-state index is 0.278. The number of rotatable bonds is 2. The largest absolute Gasteiger partial charge is 0.508 e. The molecule has 96 valence electrons. The summed E-state index contributed by atoms with van der Waals surface area (Å²) in [4.78, 5) is 1.21. The number of aryl methyl sites for hydroxylation is 1. The molecule has 0 aliphatic heterocycles. The molecule has 3 heteroatoms. The summed E-state index contributed by atoms with van der Waals surface area (Å²) in [7, 11) is 0. The zero-order valence-corrected chi connectivity index (χ0v) is 11.4. The molecule has 0 radical (unpaired) electrons. The van der Waals surface area contributed by atoms with E-state index in [4.69, 9.17) is 0 Å². The van der Waals surface area contributed by atoms with Crippen LogP contribution in [0.5, 0.6) is 11.5 Å². The highest BCUT2D eigenvalue weighted by molar-refractivity contribution is 7.22. The highest BCUT2D eigenvalue weighted by atomic mass is 32.1. The molecule has 2 nitrogen and oxygen atoms in total. The van der Waals surface area contributed by atoms with E-state index in [-0.39, 0.29) is 5.75 Å². The molecule has 0 fully saturated rings. The highest BCUT2D eigenvalue weighted by Crippen LogP contribution is 2.40. The summed E-state index contributed by atoms with van der Waals surface area (Å²) in [5, 5.41) is 20.1. The van der Waals surface area contributed by atoms with Gasteiger partial charge in [-0.05, 0) is 65.4 Å². The van der Waals surface area contributed by atoms with E-state index >= 15 is 0 Å². The first-order valence-electron chi connectivity index (χ1n) is 6.23. The average Bonchev–Trinajstić information content (AvgIpc) is 2.77. The van der Waals surface area contributed by atoms with Crippen molar-refractivity contribution in [2.24, 2.45) is 0 Å². The van der Waals surface area contributed by atoms with Gasteiger partial charge >= 0.3 is 0 Å². The molecule has 3 rings (SSSR count). The van der Waals surface area contributed by atoms with Crippen molar-refractivity contribution in [2.45, 2.75) is 13.3 Å². The maximum atomic E-state index is 9.64. The maximum absolute atomic E-state index is 9.64. The third kappa shape index (κ3) is 2.06. The first-order chi connectivity index (χ1) is 9.19. The Bertz CT molecular complexity index is 726. The van der Waals surface area contributed by atoms with Gasteiger partial charge in [-0.3, -0.25) is 0 Å². The third-order valence-corrected chi connectivity index (χ3v) is 4.52.